The van der Waals surface area contributed by atoms with E-state index in [1.165, 1.54) is 15.9 Å². The van der Waals surface area contributed by atoms with Gasteiger partial charge in [-0.15, -0.1) is 0 Å². The van der Waals surface area contributed by atoms with Crippen LogP contribution in [0.3, 0.4) is 0 Å². The van der Waals surface area contributed by atoms with Crippen LogP contribution in [0, 0.1) is 5.92 Å². The van der Waals surface area contributed by atoms with Gasteiger partial charge in [0.2, 0.25) is 15.9 Å². The number of benzene rings is 1. The Kier molecular flexibility index (Phi) is 6.89. The van der Waals surface area contributed by atoms with Crippen LogP contribution >= 0.6 is 0 Å². The molecule has 1 amide bonds. The van der Waals surface area contributed by atoms with Gasteiger partial charge in [-0.2, -0.15) is 0 Å². The van der Waals surface area contributed by atoms with E-state index in [4.69, 9.17) is 4.74 Å². The number of imidazole rings is 1. The molecular formula is C27H32F2N6O4S. The van der Waals surface area contributed by atoms with Crippen molar-refractivity contribution in [1.82, 2.24) is 14.5 Å². The molecule has 2 N–H and O–H groups in total. The normalized spacial score (nSPS) is 19.7. The number of carbonyl (C=O) groups excluding carboxylic acids is 1. The van der Waals surface area contributed by atoms with Gasteiger partial charge in [-0.05, 0) is 68.6 Å². The number of pyridine rings is 1. The Morgan fingerprint density at radius 1 is 1.10 bits per heavy atom. The van der Waals surface area contributed by atoms with Crippen molar-refractivity contribution < 1.29 is 26.7 Å². The molecule has 1 atom stereocenters. The molecule has 6 rings (SSSR count). The molecule has 3 aromatic rings. The fraction of sp³-hybridized carbons (Fsp3) is 0.519. The van der Waals surface area contributed by atoms with Crippen LogP contribution in [-0.4, -0.2) is 48.8 Å². The van der Waals surface area contributed by atoms with Gasteiger partial charge in [0.15, 0.2) is 11.5 Å². The number of nitrogens with zero attached hydrogens (tertiary/aromatic N) is 4. The monoisotopic (exact) mass is 574 g/mol. The number of halogens is 2. The first-order chi connectivity index (χ1) is 19.1. The first-order valence-electron chi connectivity index (χ1n) is 13.6. The number of hydrogen-bond acceptors (Lipinski definition) is 7. The lowest BCUT2D eigenvalue weighted by atomic mass is 10.1. The summed E-state index contributed by atoms with van der Waals surface area (Å²) in [7, 11) is -2.13. The van der Waals surface area contributed by atoms with E-state index < -0.39 is 28.5 Å². The second-order valence-electron chi connectivity index (χ2n) is 10.9. The molecule has 1 aliphatic heterocycles. The van der Waals surface area contributed by atoms with Crippen LogP contribution in [0.4, 0.5) is 31.7 Å². The highest BCUT2D eigenvalue weighted by Gasteiger charge is 2.32. The molecule has 3 heterocycles. The fourth-order valence-corrected chi connectivity index (χ4v) is 5.60. The van der Waals surface area contributed by atoms with Crippen molar-refractivity contribution in [2.75, 3.05) is 34.8 Å². The topological polar surface area (TPSA) is 118 Å². The molecule has 0 bridgehead atoms. The molecule has 1 aromatic carbocycles. The highest BCUT2D eigenvalue weighted by Crippen LogP contribution is 2.44. The largest absolute Gasteiger partial charge is 0.358 e. The predicted octanol–water partition coefficient (Wildman–Crippen LogP) is 5.43. The average molecular weight is 575 g/mol. The summed E-state index contributed by atoms with van der Waals surface area (Å²) in [5.41, 5.74) is 2.55. The maximum atomic E-state index is 14.3. The summed E-state index contributed by atoms with van der Waals surface area (Å²) in [6, 6.07) is 7.12. The minimum Gasteiger partial charge on any atom is -0.358 e. The molecule has 40 heavy (non-hydrogen) atoms. The van der Waals surface area contributed by atoms with Crippen molar-refractivity contribution in [3.05, 3.63) is 35.7 Å². The highest BCUT2D eigenvalue weighted by atomic mass is 32.2. The van der Waals surface area contributed by atoms with Crippen molar-refractivity contribution in [1.29, 1.82) is 0 Å². The number of rotatable bonds is 9. The molecule has 3 fully saturated rings. The quantitative estimate of drug-likeness (QED) is 0.350. The summed E-state index contributed by atoms with van der Waals surface area (Å²) in [4.78, 5) is 21.5. The molecule has 0 radical (unpaired) electrons. The third-order valence-electron chi connectivity index (χ3n) is 7.69. The first kappa shape index (κ1) is 26.9. The van der Waals surface area contributed by atoms with Gasteiger partial charge in [-0.3, -0.25) is 13.7 Å². The summed E-state index contributed by atoms with van der Waals surface area (Å²) in [6.45, 7) is 0.435. The van der Waals surface area contributed by atoms with E-state index in [9.17, 15) is 22.0 Å². The molecule has 1 saturated heterocycles. The Labute approximate surface area is 231 Å². The SMILES string of the molecule is CN(c1cc(C2CC2)ccc1Nc1cc(NC(=O)C2CC2)nc2c1nc(C(F)F)n2C1CCCCO1)S(C)(=O)=O. The lowest BCUT2D eigenvalue weighted by Gasteiger charge is -2.25. The van der Waals surface area contributed by atoms with Gasteiger partial charge >= 0.3 is 0 Å². The van der Waals surface area contributed by atoms with Crippen LogP contribution in [0.2, 0.25) is 0 Å². The zero-order valence-electron chi connectivity index (χ0n) is 22.4. The lowest BCUT2D eigenvalue weighted by molar-refractivity contribution is -0.117. The van der Waals surface area contributed by atoms with E-state index in [-0.39, 0.29) is 28.8 Å². The molecule has 2 aliphatic carbocycles. The van der Waals surface area contributed by atoms with Gasteiger partial charge in [0.05, 0.1) is 23.3 Å². The molecule has 3 aliphatic rings. The predicted molar refractivity (Wildman–Crippen MR) is 148 cm³/mol. The summed E-state index contributed by atoms with van der Waals surface area (Å²) >= 11 is 0. The van der Waals surface area contributed by atoms with E-state index in [0.29, 0.717) is 36.0 Å². The highest BCUT2D eigenvalue weighted by molar-refractivity contribution is 7.92. The fourth-order valence-electron chi connectivity index (χ4n) is 5.09. The number of sulfonamides is 1. The van der Waals surface area contributed by atoms with Crippen LogP contribution in [0.15, 0.2) is 24.3 Å². The number of amides is 1. The van der Waals surface area contributed by atoms with Gasteiger partial charge in [-0.1, -0.05) is 6.07 Å². The second kappa shape index (κ2) is 10.3. The van der Waals surface area contributed by atoms with E-state index >= 15 is 0 Å². The van der Waals surface area contributed by atoms with Gasteiger partial charge in [0, 0.05) is 25.6 Å². The summed E-state index contributed by atoms with van der Waals surface area (Å²) in [5.74, 6) is -0.171. The van der Waals surface area contributed by atoms with Gasteiger partial charge < -0.3 is 15.4 Å². The van der Waals surface area contributed by atoms with Crippen molar-refractivity contribution in [2.45, 2.75) is 63.5 Å². The molecular weight excluding hydrogens is 542 g/mol. The van der Waals surface area contributed by atoms with E-state index in [1.807, 2.05) is 12.1 Å². The number of anilines is 4. The zero-order chi connectivity index (χ0) is 28.2. The smallest absolute Gasteiger partial charge is 0.295 e. The van der Waals surface area contributed by atoms with Crippen molar-refractivity contribution in [2.24, 2.45) is 5.92 Å². The zero-order valence-corrected chi connectivity index (χ0v) is 23.2. The number of aromatic nitrogens is 3. The molecule has 13 heteroatoms. The summed E-state index contributed by atoms with van der Waals surface area (Å²) < 4.78 is 62.0. The van der Waals surface area contributed by atoms with E-state index in [1.54, 1.807) is 12.1 Å². The molecule has 2 aromatic heterocycles. The number of carbonyl (C=O) groups is 1. The van der Waals surface area contributed by atoms with Crippen LogP contribution in [0.25, 0.3) is 11.2 Å². The van der Waals surface area contributed by atoms with Crippen LogP contribution in [-0.2, 0) is 19.6 Å². The third kappa shape index (κ3) is 5.36. The molecule has 1 unspecified atom stereocenters. The molecule has 0 spiro atoms. The Hall–Kier alpha value is -3.32. The number of nitrogens with one attached hydrogen (secondary N) is 2. The Balaban J connectivity index is 1.49. The van der Waals surface area contributed by atoms with Crippen molar-refractivity contribution in [3.63, 3.8) is 0 Å². The van der Waals surface area contributed by atoms with E-state index in [0.717, 1.165) is 50.3 Å². The number of hydrogen-bond donors (Lipinski definition) is 2. The third-order valence-corrected chi connectivity index (χ3v) is 8.88. The summed E-state index contributed by atoms with van der Waals surface area (Å²) in [6.07, 6.45) is 3.41. The van der Waals surface area contributed by atoms with Gasteiger partial charge in [0.1, 0.15) is 17.6 Å². The molecule has 214 valence electrons. The first-order valence-corrected chi connectivity index (χ1v) is 15.4. The number of alkyl halides is 2. The maximum absolute atomic E-state index is 14.3. The van der Waals surface area contributed by atoms with Gasteiger partial charge in [-0.25, -0.2) is 27.2 Å². The lowest BCUT2D eigenvalue weighted by Crippen LogP contribution is -2.25. The van der Waals surface area contributed by atoms with Gasteiger partial charge in [0.25, 0.3) is 6.43 Å². The second-order valence-corrected chi connectivity index (χ2v) is 12.9. The Morgan fingerprint density at radius 3 is 2.50 bits per heavy atom. The minimum absolute atomic E-state index is 0.0953. The standard InChI is InChI=1S/C27H32F2N6O4S/c1-34(40(2,37)38)20-13-17(15-6-7-15)10-11-18(20)30-19-14-21(32-27(36)16-8-9-16)31-25-23(19)33-26(24(28)29)35(25)22-5-3-4-12-39-22/h10-11,13-16,22,24H,3-9,12H2,1-2H3,(H2,30,31,32,36). The number of ether oxygens (including phenoxy) is 1. The van der Waals surface area contributed by atoms with Crippen LogP contribution in [0.5, 0.6) is 0 Å². The van der Waals surface area contributed by atoms with Crippen molar-refractivity contribution in [3.8, 4) is 0 Å². The molecule has 2 saturated carbocycles. The summed E-state index contributed by atoms with van der Waals surface area (Å²) in [5, 5.41) is 6.06. The average Bonchev–Trinajstić information content (AvgIpc) is 3.84. The molecule has 10 nitrogen and oxygen atoms in total. The van der Waals surface area contributed by atoms with Crippen molar-refractivity contribution >= 4 is 50.0 Å². The maximum Gasteiger partial charge on any atom is 0.295 e. The Bertz CT molecular complexity index is 1560. The Morgan fingerprint density at radius 2 is 1.88 bits per heavy atom. The van der Waals surface area contributed by atoms with E-state index in [2.05, 4.69) is 20.6 Å². The van der Waals surface area contributed by atoms with Crippen LogP contribution in [0.1, 0.15) is 74.9 Å². The minimum atomic E-state index is -3.60. The number of fused-ring (bicyclic) bond motifs is 1. The van der Waals surface area contributed by atoms with Crippen LogP contribution < -0.4 is 14.9 Å².